The van der Waals surface area contributed by atoms with E-state index in [9.17, 15) is 13.6 Å². The average Bonchev–Trinajstić information content (AvgIpc) is 2.84. The van der Waals surface area contributed by atoms with Gasteiger partial charge in [-0.1, -0.05) is 18.2 Å². The van der Waals surface area contributed by atoms with E-state index in [0.717, 1.165) is 31.5 Å². The standard InChI is InChI=1S/C28H30F2N2O3/c1-19-22(18-31-24-10-6-20(26(30)17-24)7-13-27(33)34)5-4-21-3-2-14-32(28(19)21)15-16-35-25-11-8-23(29)9-12-25/h4-6,8-12,17,31H,2-3,7,13-16,18H2,1H3,(H,33,34). The van der Waals surface area contributed by atoms with Gasteiger partial charge in [0.15, 0.2) is 0 Å². The summed E-state index contributed by atoms with van der Waals surface area (Å²) in [6, 6.07) is 15.2. The van der Waals surface area contributed by atoms with Crippen LogP contribution in [-0.2, 0) is 24.2 Å². The van der Waals surface area contributed by atoms with Gasteiger partial charge < -0.3 is 20.1 Å². The molecular formula is C28H30F2N2O3. The summed E-state index contributed by atoms with van der Waals surface area (Å²) in [5.74, 6) is -0.966. The molecule has 7 heteroatoms. The molecule has 1 aliphatic heterocycles. The van der Waals surface area contributed by atoms with Gasteiger partial charge in [-0.25, -0.2) is 8.78 Å². The number of aryl methyl sites for hydroxylation is 2. The first-order valence-corrected chi connectivity index (χ1v) is 11.9. The van der Waals surface area contributed by atoms with Gasteiger partial charge in [-0.2, -0.15) is 0 Å². The number of carboxylic acids is 1. The van der Waals surface area contributed by atoms with E-state index in [-0.39, 0.29) is 18.7 Å². The van der Waals surface area contributed by atoms with Crippen LogP contribution in [0.25, 0.3) is 0 Å². The average molecular weight is 481 g/mol. The summed E-state index contributed by atoms with van der Waals surface area (Å²) in [5.41, 5.74) is 5.92. The molecule has 2 N–H and O–H groups in total. The largest absolute Gasteiger partial charge is 0.492 e. The number of carbonyl (C=O) groups is 1. The highest BCUT2D eigenvalue weighted by atomic mass is 19.1. The quantitative estimate of drug-likeness (QED) is 0.388. The third-order valence-electron chi connectivity index (χ3n) is 6.40. The van der Waals surface area contributed by atoms with E-state index < -0.39 is 11.8 Å². The molecule has 3 aromatic rings. The molecule has 1 heterocycles. The number of hydrogen-bond donors (Lipinski definition) is 2. The van der Waals surface area contributed by atoms with Gasteiger partial charge >= 0.3 is 5.97 Å². The Morgan fingerprint density at radius 2 is 1.86 bits per heavy atom. The van der Waals surface area contributed by atoms with Crippen LogP contribution in [0.5, 0.6) is 5.75 Å². The second-order valence-electron chi connectivity index (χ2n) is 8.80. The van der Waals surface area contributed by atoms with Crippen molar-refractivity contribution in [1.82, 2.24) is 0 Å². The molecule has 3 aromatic carbocycles. The predicted molar refractivity (Wildman–Crippen MR) is 133 cm³/mol. The van der Waals surface area contributed by atoms with Crippen molar-refractivity contribution in [3.63, 3.8) is 0 Å². The zero-order valence-electron chi connectivity index (χ0n) is 19.8. The molecule has 0 radical (unpaired) electrons. The molecule has 0 saturated heterocycles. The van der Waals surface area contributed by atoms with Gasteiger partial charge in [0.05, 0.1) is 6.54 Å². The molecule has 1 aliphatic rings. The summed E-state index contributed by atoms with van der Waals surface area (Å²) in [6.07, 6.45) is 2.19. The molecule has 0 saturated carbocycles. The highest BCUT2D eigenvalue weighted by molar-refractivity contribution is 5.67. The zero-order valence-corrected chi connectivity index (χ0v) is 19.8. The first kappa shape index (κ1) is 24.5. The van der Waals surface area contributed by atoms with Crippen molar-refractivity contribution < 1.29 is 23.4 Å². The topological polar surface area (TPSA) is 61.8 Å². The number of hydrogen-bond acceptors (Lipinski definition) is 4. The van der Waals surface area contributed by atoms with Crippen LogP contribution in [0.4, 0.5) is 20.2 Å². The van der Waals surface area contributed by atoms with Crippen LogP contribution >= 0.6 is 0 Å². The molecule has 0 atom stereocenters. The van der Waals surface area contributed by atoms with Gasteiger partial charge in [-0.3, -0.25) is 4.79 Å². The van der Waals surface area contributed by atoms with Crippen molar-refractivity contribution in [2.24, 2.45) is 0 Å². The highest BCUT2D eigenvalue weighted by Crippen LogP contribution is 2.33. The molecule has 0 aromatic heterocycles. The molecule has 0 aliphatic carbocycles. The summed E-state index contributed by atoms with van der Waals surface area (Å²) in [6.45, 7) is 4.84. The van der Waals surface area contributed by atoms with Crippen LogP contribution < -0.4 is 15.0 Å². The maximum atomic E-state index is 14.4. The SMILES string of the molecule is Cc1c(CNc2ccc(CCC(=O)O)c(F)c2)ccc2c1N(CCOc1ccc(F)cc1)CCC2. The lowest BCUT2D eigenvalue weighted by Gasteiger charge is -2.33. The number of carboxylic acid groups (broad SMARTS) is 1. The second kappa shape index (κ2) is 11.2. The van der Waals surface area contributed by atoms with Crippen molar-refractivity contribution in [3.8, 4) is 5.75 Å². The van der Waals surface area contributed by atoms with Crippen LogP contribution in [-0.4, -0.2) is 30.8 Å². The third kappa shape index (κ3) is 6.29. The van der Waals surface area contributed by atoms with Crippen molar-refractivity contribution in [1.29, 1.82) is 0 Å². The van der Waals surface area contributed by atoms with Gasteiger partial charge in [0.2, 0.25) is 0 Å². The van der Waals surface area contributed by atoms with E-state index in [0.29, 0.717) is 30.2 Å². The third-order valence-corrected chi connectivity index (χ3v) is 6.40. The Balaban J connectivity index is 1.40. The minimum absolute atomic E-state index is 0.0938. The van der Waals surface area contributed by atoms with Gasteiger partial charge in [0.1, 0.15) is 24.0 Å². The van der Waals surface area contributed by atoms with E-state index in [1.807, 2.05) is 0 Å². The smallest absolute Gasteiger partial charge is 0.303 e. The molecule has 0 unspecified atom stereocenters. The summed E-state index contributed by atoms with van der Waals surface area (Å²) >= 11 is 0. The Morgan fingerprint density at radius 3 is 2.60 bits per heavy atom. The van der Waals surface area contributed by atoms with Crippen LogP contribution in [0, 0.1) is 18.6 Å². The normalized spacial score (nSPS) is 12.8. The number of halogens is 2. The lowest BCUT2D eigenvalue weighted by atomic mass is 9.94. The molecule has 0 fully saturated rings. The number of anilines is 2. The first-order chi connectivity index (χ1) is 16.9. The fourth-order valence-electron chi connectivity index (χ4n) is 4.53. The van der Waals surface area contributed by atoms with Crippen LogP contribution in [0.2, 0.25) is 0 Å². The van der Waals surface area contributed by atoms with Crippen LogP contribution in [0.1, 0.15) is 35.1 Å². The number of ether oxygens (including phenoxy) is 1. The number of nitrogens with one attached hydrogen (secondary N) is 1. The Labute approximate surface area is 204 Å². The van der Waals surface area contributed by atoms with Crippen molar-refractivity contribution in [3.05, 3.63) is 88.5 Å². The highest BCUT2D eigenvalue weighted by Gasteiger charge is 2.20. The van der Waals surface area contributed by atoms with Gasteiger partial charge in [0, 0.05) is 30.9 Å². The van der Waals surface area contributed by atoms with E-state index in [4.69, 9.17) is 9.84 Å². The van der Waals surface area contributed by atoms with Crippen LogP contribution in [0.15, 0.2) is 54.6 Å². The number of nitrogens with zero attached hydrogens (tertiary/aromatic N) is 1. The Morgan fingerprint density at radius 1 is 1.09 bits per heavy atom. The Bertz CT molecular complexity index is 1180. The summed E-state index contributed by atoms with van der Waals surface area (Å²) in [4.78, 5) is 13.1. The molecule has 4 rings (SSSR count). The summed E-state index contributed by atoms with van der Waals surface area (Å²) < 4.78 is 33.3. The lowest BCUT2D eigenvalue weighted by Crippen LogP contribution is -2.34. The maximum absolute atomic E-state index is 14.4. The molecular weight excluding hydrogens is 450 g/mol. The van der Waals surface area contributed by atoms with E-state index in [2.05, 4.69) is 29.3 Å². The Hall–Kier alpha value is -3.61. The van der Waals surface area contributed by atoms with Gasteiger partial charge in [-0.05, 0) is 84.8 Å². The molecule has 0 bridgehead atoms. The summed E-state index contributed by atoms with van der Waals surface area (Å²) in [5, 5.41) is 12.1. The number of rotatable bonds is 10. The predicted octanol–water partition coefficient (Wildman–Crippen LogP) is 5.73. The van der Waals surface area contributed by atoms with E-state index in [1.54, 1.807) is 24.3 Å². The first-order valence-electron chi connectivity index (χ1n) is 11.9. The molecule has 35 heavy (non-hydrogen) atoms. The molecule has 5 nitrogen and oxygen atoms in total. The number of aliphatic carboxylic acids is 1. The zero-order chi connectivity index (χ0) is 24.8. The minimum Gasteiger partial charge on any atom is -0.492 e. The molecule has 0 spiro atoms. The van der Waals surface area contributed by atoms with E-state index >= 15 is 0 Å². The van der Waals surface area contributed by atoms with E-state index in [1.165, 1.54) is 35.0 Å². The lowest BCUT2D eigenvalue weighted by molar-refractivity contribution is -0.136. The van der Waals surface area contributed by atoms with Crippen molar-refractivity contribution in [2.45, 2.75) is 39.2 Å². The molecule has 0 amide bonds. The van der Waals surface area contributed by atoms with Crippen LogP contribution in [0.3, 0.4) is 0 Å². The fourth-order valence-corrected chi connectivity index (χ4v) is 4.53. The van der Waals surface area contributed by atoms with Crippen molar-refractivity contribution >= 4 is 17.3 Å². The number of benzene rings is 3. The maximum Gasteiger partial charge on any atom is 0.303 e. The van der Waals surface area contributed by atoms with Gasteiger partial charge in [-0.15, -0.1) is 0 Å². The molecule has 184 valence electrons. The van der Waals surface area contributed by atoms with Gasteiger partial charge in [0.25, 0.3) is 0 Å². The van der Waals surface area contributed by atoms with Crippen molar-refractivity contribution in [2.75, 3.05) is 29.9 Å². The number of fused-ring (bicyclic) bond motifs is 1. The Kier molecular flexibility index (Phi) is 7.85. The summed E-state index contributed by atoms with van der Waals surface area (Å²) in [7, 11) is 0. The second-order valence-corrected chi connectivity index (χ2v) is 8.80. The fraction of sp³-hybridized carbons (Fsp3) is 0.321. The minimum atomic E-state index is -0.939. The monoisotopic (exact) mass is 480 g/mol.